The van der Waals surface area contributed by atoms with E-state index in [2.05, 4.69) is 13.8 Å². The van der Waals surface area contributed by atoms with Gasteiger partial charge in [-0.15, -0.1) is 0 Å². The molecule has 0 amide bonds. The lowest BCUT2D eigenvalue weighted by molar-refractivity contribution is 0.283. The Morgan fingerprint density at radius 1 is 1.05 bits per heavy atom. The summed E-state index contributed by atoms with van der Waals surface area (Å²) in [6.07, 6.45) is 10.4. The molecule has 2 nitrogen and oxygen atoms in total. The second kappa shape index (κ2) is 7.04. The van der Waals surface area contributed by atoms with Gasteiger partial charge < -0.3 is 9.84 Å². The largest absolute Gasteiger partial charge is 0.508 e. The van der Waals surface area contributed by atoms with Crippen LogP contribution in [0, 0.1) is 17.8 Å². The maximum absolute atomic E-state index is 9.33. The zero-order chi connectivity index (χ0) is 15.5. The van der Waals surface area contributed by atoms with Crippen LogP contribution < -0.4 is 0 Å². The molecule has 1 heterocycles. The SMILES string of the molecule is CC(CCc1ccc(O)cc1)C(C)CCC1CCC2OC2C1. The fourth-order valence-electron chi connectivity index (χ4n) is 3.87. The second-order valence-electron chi connectivity index (χ2n) is 7.63. The quantitative estimate of drug-likeness (QED) is 0.723. The second-order valence-corrected chi connectivity index (χ2v) is 7.63. The van der Waals surface area contributed by atoms with Crippen LogP contribution in [0.5, 0.6) is 5.75 Å². The van der Waals surface area contributed by atoms with Gasteiger partial charge in [-0.05, 0) is 67.6 Å². The molecule has 1 aliphatic carbocycles. The number of aryl methyl sites for hydroxylation is 1. The molecule has 5 atom stereocenters. The van der Waals surface area contributed by atoms with Gasteiger partial charge in [0.25, 0.3) is 0 Å². The summed E-state index contributed by atoms with van der Waals surface area (Å²) in [5.74, 6) is 2.84. The van der Waals surface area contributed by atoms with Gasteiger partial charge in [0.15, 0.2) is 0 Å². The van der Waals surface area contributed by atoms with Crippen LogP contribution in [0.15, 0.2) is 24.3 Å². The maximum Gasteiger partial charge on any atom is 0.115 e. The molecule has 1 N–H and O–H groups in total. The van der Waals surface area contributed by atoms with Gasteiger partial charge >= 0.3 is 0 Å². The topological polar surface area (TPSA) is 32.8 Å². The highest BCUT2D eigenvalue weighted by Crippen LogP contribution is 2.41. The van der Waals surface area contributed by atoms with Gasteiger partial charge in [-0.1, -0.05) is 38.8 Å². The van der Waals surface area contributed by atoms with Crippen LogP contribution in [0.3, 0.4) is 0 Å². The van der Waals surface area contributed by atoms with Crippen molar-refractivity contribution in [1.82, 2.24) is 0 Å². The fourth-order valence-corrected chi connectivity index (χ4v) is 3.87. The van der Waals surface area contributed by atoms with E-state index in [1.165, 1.54) is 44.1 Å². The minimum absolute atomic E-state index is 0.361. The normalized spacial score (nSPS) is 29.6. The number of phenols is 1. The zero-order valence-corrected chi connectivity index (χ0v) is 14.0. The molecule has 2 aliphatic rings. The first-order valence-corrected chi connectivity index (χ1v) is 9.05. The predicted octanol–water partition coefficient (Wildman–Crippen LogP) is 4.94. The van der Waals surface area contributed by atoms with E-state index in [0.717, 1.165) is 24.2 Å². The fraction of sp³-hybridized carbons (Fsp3) is 0.700. The Morgan fingerprint density at radius 2 is 1.77 bits per heavy atom. The highest BCUT2D eigenvalue weighted by Gasteiger charge is 2.43. The summed E-state index contributed by atoms with van der Waals surface area (Å²) in [7, 11) is 0. The lowest BCUT2D eigenvalue weighted by Crippen LogP contribution is -2.16. The van der Waals surface area contributed by atoms with Crippen molar-refractivity contribution in [2.75, 3.05) is 0 Å². The van der Waals surface area contributed by atoms with Crippen LogP contribution in [-0.2, 0) is 11.2 Å². The van der Waals surface area contributed by atoms with Gasteiger partial charge in [0.05, 0.1) is 12.2 Å². The molecule has 5 unspecified atom stereocenters. The first kappa shape index (κ1) is 15.9. The molecule has 0 spiro atoms. The Hall–Kier alpha value is -1.02. The molecule has 0 radical (unpaired) electrons. The number of hydrogen-bond donors (Lipinski definition) is 1. The Bertz CT molecular complexity index is 467. The van der Waals surface area contributed by atoms with E-state index in [1.54, 1.807) is 12.1 Å². The molecule has 1 aromatic carbocycles. The Balaban J connectivity index is 1.35. The first-order chi connectivity index (χ1) is 10.6. The summed E-state index contributed by atoms with van der Waals surface area (Å²) in [4.78, 5) is 0. The van der Waals surface area contributed by atoms with E-state index < -0.39 is 0 Å². The molecule has 2 heteroatoms. The molecular weight excluding hydrogens is 272 g/mol. The summed E-state index contributed by atoms with van der Waals surface area (Å²) >= 11 is 0. The van der Waals surface area contributed by atoms with Crippen molar-refractivity contribution < 1.29 is 9.84 Å². The molecule has 122 valence electrons. The standard InChI is InChI=1S/C20H30O2/c1-14(3-5-16-7-10-18(21)11-8-16)15(2)4-6-17-9-12-19-20(13-17)22-19/h7-8,10-11,14-15,17,19-21H,3-6,9,12-13H2,1-2H3. The van der Waals surface area contributed by atoms with Crippen LogP contribution in [-0.4, -0.2) is 17.3 Å². The number of fused-ring (bicyclic) bond motifs is 1. The van der Waals surface area contributed by atoms with Crippen molar-refractivity contribution in [3.05, 3.63) is 29.8 Å². The van der Waals surface area contributed by atoms with Gasteiger partial charge in [-0.3, -0.25) is 0 Å². The predicted molar refractivity (Wildman–Crippen MR) is 90.0 cm³/mol. The Kier molecular flexibility index (Phi) is 5.07. The third kappa shape index (κ3) is 4.25. The van der Waals surface area contributed by atoms with Crippen LogP contribution in [0.1, 0.15) is 57.9 Å². The van der Waals surface area contributed by atoms with Gasteiger partial charge in [0, 0.05) is 0 Å². The van der Waals surface area contributed by atoms with Gasteiger partial charge in [0.1, 0.15) is 5.75 Å². The zero-order valence-electron chi connectivity index (χ0n) is 14.0. The van der Waals surface area contributed by atoms with E-state index in [9.17, 15) is 5.11 Å². The molecule has 0 bridgehead atoms. The summed E-state index contributed by atoms with van der Waals surface area (Å²) in [6.45, 7) is 4.81. The van der Waals surface area contributed by atoms with Crippen molar-refractivity contribution in [2.24, 2.45) is 17.8 Å². The number of rotatable bonds is 7. The van der Waals surface area contributed by atoms with Crippen LogP contribution >= 0.6 is 0 Å². The number of ether oxygens (including phenoxy) is 1. The van der Waals surface area contributed by atoms with Gasteiger partial charge in [-0.25, -0.2) is 0 Å². The summed E-state index contributed by atoms with van der Waals surface area (Å²) < 4.78 is 5.64. The lowest BCUT2D eigenvalue weighted by Gasteiger charge is -2.24. The van der Waals surface area contributed by atoms with Crippen molar-refractivity contribution >= 4 is 0 Å². The number of phenolic OH excluding ortho intramolecular Hbond substituents is 1. The van der Waals surface area contributed by atoms with Gasteiger partial charge in [-0.2, -0.15) is 0 Å². The number of aromatic hydroxyl groups is 1. The minimum atomic E-state index is 0.361. The minimum Gasteiger partial charge on any atom is -0.508 e. The molecule has 1 saturated heterocycles. The number of hydrogen-bond acceptors (Lipinski definition) is 2. The van der Waals surface area contributed by atoms with Crippen molar-refractivity contribution in [3.63, 3.8) is 0 Å². The van der Waals surface area contributed by atoms with Crippen molar-refractivity contribution in [3.8, 4) is 5.75 Å². The lowest BCUT2D eigenvalue weighted by atomic mass is 9.81. The molecule has 2 fully saturated rings. The van der Waals surface area contributed by atoms with Crippen LogP contribution in [0.2, 0.25) is 0 Å². The molecule has 22 heavy (non-hydrogen) atoms. The van der Waals surface area contributed by atoms with E-state index in [0.29, 0.717) is 18.0 Å². The van der Waals surface area contributed by atoms with Crippen LogP contribution in [0.25, 0.3) is 0 Å². The number of epoxide rings is 1. The highest BCUT2D eigenvalue weighted by molar-refractivity contribution is 5.25. The third-order valence-electron chi connectivity index (χ3n) is 5.94. The van der Waals surface area contributed by atoms with E-state index >= 15 is 0 Å². The van der Waals surface area contributed by atoms with Crippen molar-refractivity contribution in [1.29, 1.82) is 0 Å². The molecule has 1 saturated carbocycles. The maximum atomic E-state index is 9.33. The monoisotopic (exact) mass is 302 g/mol. The average Bonchev–Trinajstić information content (AvgIpc) is 3.30. The Morgan fingerprint density at radius 3 is 2.50 bits per heavy atom. The van der Waals surface area contributed by atoms with Crippen LogP contribution in [0.4, 0.5) is 0 Å². The average molecular weight is 302 g/mol. The summed E-state index contributed by atoms with van der Waals surface area (Å²) in [5.41, 5.74) is 1.33. The first-order valence-electron chi connectivity index (χ1n) is 9.05. The van der Waals surface area contributed by atoms with E-state index in [4.69, 9.17) is 4.74 Å². The molecule has 1 aromatic rings. The summed E-state index contributed by atoms with van der Waals surface area (Å²) in [6, 6.07) is 7.67. The van der Waals surface area contributed by atoms with E-state index in [1.807, 2.05) is 12.1 Å². The van der Waals surface area contributed by atoms with E-state index in [-0.39, 0.29) is 0 Å². The Labute approximate surface area is 134 Å². The molecule has 0 aromatic heterocycles. The summed E-state index contributed by atoms with van der Waals surface area (Å²) in [5, 5.41) is 9.33. The highest BCUT2D eigenvalue weighted by atomic mass is 16.6. The third-order valence-corrected chi connectivity index (χ3v) is 5.94. The molecule has 3 rings (SSSR count). The number of benzene rings is 1. The van der Waals surface area contributed by atoms with Gasteiger partial charge in [0.2, 0.25) is 0 Å². The smallest absolute Gasteiger partial charge is 0.115 e. The molecular formula is C20H30O2. The van der Waals surface area contributed by atoms with Crippen molar-refractivity contribution in [2.45, 2.75) is 71.0 Å². The molecule has 1 aliphatic heterocycles.